The molecule has 0 saturated heterocycles. The summed E-state index contributed by atoms with van der Waals surface area (Å²) in [5, 5.41) is 0.261. The average molecular weight is 303 g/mol. The number of nitrogen functional groups attached to an aromatic ring is 1. The monoisotopic (exact) mass is 302 g/mol. The summed E-state index contributed by atoms with van der Waals surface area (Å²) >= 11 is 5.85. The zero-order valence-electron chi connectivity index (χ0n) is 10.9. The van der Waals surface area contributed by atoms with Gasteiger partial charge >= 0.3 is 0 Å². The third-order valence-electron chi connectivity index (χ3n) is 3.65. The van der Waals surface area contributed by atoms with E-state index >= 15 is 0 Å². The second-order valence-electron chi connectivity index (χ2n) is 5.32. The van der Waals surface area contributed by atoms with E-state index in [2.05, 4.69) is 11.6 Å². The number of halogens is 1. The summed E-state index contributed by atoms with van der Waals surface area (Å²) < 4.78 is 26.9. The lowest BCUT2D eigenvalue weighted by atomic mass is 10.1. The fourth-order valence-corrected chi connectivity index (χ4v) is 3.88. The van der Waals surface area contributed by atoms with Gasteiger partial charge in [-0.15, -0.1) is 0 Å². The summed E-state index contributed by atoms with van der Waals surface area (Å²) in [6.07, 6.45) is 3.36. The van der Waals surface area contributed by atoms with E-state index in [1.165, 1.54) is 24.6 Å². The molecule has 2 rings (SSSR count). The third-order valence-corrected chi connectivity index (χ3v) is 5.40. The predicted molar refractivity (Wildman–Crippen MR) is 77.6 cm³/mol. The number of anilines is 1. The highest BCUT2D eigenvalue weighted by molar-refractivity contribution is 7.89. The number of hydrogen-bond acceptors (Lipinski definition) is 3. The van der Waals surface area contributed by atoms with E-state index in [-0.39, 0.29) is 9.92 Å². The van der Waals surface area contributed by atoms with Gasteiger partial charge in [0.1, 0.15) is 0 Å². The van der Waals surface area contributed by atoms with Gasteiger partial charge in [-0.05, 0) is 42.9 Å². The van der Waals surface area contributed by atoms with Gasteiger partial charge in [0.05, 0.1) is 15.6 Å². The van der Waals surface area contributed by atoms with Crippen LogP contribution in [0.5, 0.6) is 0 Å². The molecule has 0 spiro atoms. The van der Waals surface area contributed by atoms with E-state index in [0.29, 0.717) is 24.1 Å². The fourth-order valence-electron chi connectivity index (χ4n) is 2.50. The van der Waals surface area contributed by atoms with Gasteiger partial charge in [-0.3, -0.25) is 0 Å². The maximum Gasteiger partial charge on any atom is 0.240 e. The Balaban J connectivity index is 2.03. The van der Waals surface area contributed by atoms with Crippen LogP contribution in [0.25, 0.3) is 0 Å². The van der Waals surface area contributed by atoms with Crippen LogP contribution in [-0.2, 0) is 10.0 Å². The van der Waals surface area contributed by atoms with Gasteiger partial charge < -0.3 is 5.73 Å². The highest BCUT2D eigenvalue weighted by Crippen LogP contribution is 2.30. The minimum atomic E-state index is -3.49. The summed E-state index contributed by atoms with van der Waals surface area (Å²) in [7, 11) is -3.49. The number of rotatable bonds is 4. The van der Waals surface area contributed by atoms with Crippen molar-refractivity contribution in [2.75, 3.05) is 12.3 Å². The molecule has 106 valence electrons. The van der Waals surface area contributed by atoms with Crippen molar-refractivity contribution in [3.05, 3.63) is 23.2 Å². The Kier molecular flexibility index (Phi) is 4.38. The second kappa shape index (κ2) is 5.69. The lowest BCUT2D eigenvalue weighted by molar-refractivity contribution is 0.498. The van der Waals surface area contributed by atoms with Gasteiger partial charge in [0.15, 0.2) is 0 Å². The molecule has 0 bridgehead atoms. The average Bonchev–Trinajstić information content (AvgIpc) is 2.76. The molecule has 1 aromatic rings. The molecule has 1 aromatic carbocycles. The molecule has 1 saturated carbocycles. The topological polar surface area (TPSA) is 72.2 Å². The third kappa shape index (κ3) is 3.61. The molecule has 19 heavy (non-hydrogen) atoms. The van der Waals surface area contributed by atoms with Crippen LogP contribution in [0.15, 0.2) is 23.1 Å². The first-order chi connectivity index (χ1) is 8.88. The minimum absolute atomic E-state index is 0.165. The van der Waals surface area contributed by atoms with Crippen molar-refractivity contribution in [1.82, 2.24) is 4.72 Å². The molecule has 3 N–H and O–H groups in total. The lowest BCUT2D eigenvalue weighted by Gasteiger charge is -2.12. The summed E-state index contributed by atoms with van der Waals surface area (Å²) in [6.45, 7) is 2.70. The Labute approximate surface area is 119 Å². The van der Waals surface area contributed by atoms with Crippen LogP contribution in [0.1, 0.15) is 26.2 Å². The van der Waals surface area contributed by atoms with Crippen LogP contribution in [0.2, 0.25) is 5.02 Å². The first-order valence-corrected chi connectivity index (χ1v) is 8.29. The first-order valence-electron chi connectivity index (χ1n) is 6.43. The molecule has 0 aliphatic heterocycles. The van der Waals surface area contributed by atoms with E-state index in [1.807, 2.05) is 0 Å². The normalized spacial score (nSPS) is 23.7. The SMILES string of the molecule is CC1CCC(CNS(=O)(=O)c2ccc(N)c(Cl)c2)C1. The van der Waals surface area contributed by atoms with Crippen molar-refractivity contribution in [3.63, 3.8) is 0 Å². The van der Waals surface area contributed by atoms with Crippen molar-refractivity contribution in [2.24, 2.45) is 11.8 Å². The van der Waals surface area contributed by atoms with E-state index in [0.717, 1.165) is 12.8 Å². The lowest BCUT2D eigenvalue weighted by Crippen LogP contribution is -2.28. The van der Waals surface area contributed by atoms with Gasteiger partial charge in [-0.1, -0.05) is 24.9 Å². The Morgan fingerprint density at radius 2 is 2.16 bits per heavy atom. The highest BCUT2D eigenvalue weighted by Gasteiger charge is 2.23. The highest BCUT2D eigenvalue weighted by atomic mass is 35.5. The van der Waals surface area contributed by atoms with Gasteiger partial charge in [0.25, 0.3) is 0 Å². The van der Waals surface area contributed by atoms with Crippen LogP contribution < -0.4 is 10.5 Å². The Morgan fingerprint density at radius 1 is 1.42 bits per heavy atom. The minimum Gasteiger partial charge on any atom is -0.398 e. The van der Waals surface area contributed by atoms with Gasteiger partial charge in [0, 0.05) is 6.54 Å². The molecule has 4 nitrogen and oxygen atoms in total. The molecule has 1 aliphatic carbocycles. The molecule has 2 atom stereocenters. The largest absolute Gasteiger partial charge is 0.398 e. The van der Waals surface area contributed by atoms with Crippen molar-refractivity contribution >= 4 is 27.3 Å². The van der Waals surface area contributed by atoms with Crippen molar-refractivity contribution in [1.29, 1.82) is 0 Å². The van der Waals surface area contributed by atoms with Crippen LogP contribution in [0.4, 0.5) is 5.69 Å². The zero-order valence-corrected chi connectivity index (χ0v) is 12.5. The standard InChI is InChI=1S/C13H19ClN2O2S/c1-9-2-3-10(6-9)8-16-19(17,18)11-4-5-13(15)12(14)7-11/h4-5,7,9-10,16H,2-3,6,8,15H2,1H3. The number of nitrogens with two attached hydrogens (primary N) is 1. The van der Waals surface area contributed by atoms with E-state index in [4.69, 9.17) is 17.3 Å². The molecule has 6 heteroatoms. The van der Waals surface area contributed by atoms with Crippen molar-refractivity contribution < 1.29 is 8.42 Å². The smallest absolute Gasteiger partial charge is 0.240 e. The predicted octanol–water partition coefficient (Wildman–Crippen LogP) is 2.64. The van der Waals surface area contributed by atoms with Crippen molar-refractivity contribution in [2.45, 2.75) is 31.1 Å². The molecule has 0 heterocycles. The Bertz CT molecular complexity index is 560. The number of nitrogens with one attached hydrogen (secondary N) is 1. The summed E-state index contributed by atoms with van der Waals surface area (Å²) in [5.74, 6) is 1.13. The quantitative estimate of drug-likeness (QED) is 0.840. The summed E-state index contributed by atoms with van der Waals surface area (Å²) in [6, 6.07) is 4.37. The molecule has 1 aliphatic rings. The number of hydrogen-bond donors (Lipinski definition) is 2. The van der Waals surface area contributed by atoms with Crippen LogP contribution in [0, 0.1) is 11.8 Å². The summed E-state index contributed by atoms with van der Waals surface area (Å²) in [5.41, 5.74) is 5.95. The van der Waals surface area contributed by atoms with E-state index in [9.17, 15) is 8.42 Å². The van der Waals surface area contributed by atoms with Gasteiger partial charge in [-0.25, -0.2) is 13.1 Å². The molecule has 0 aromatic heterocycles. The van der Waals surface area contributed by atoms with Crippen LogP contribution >= 0.6 is 11.6 Å². The Hall–Kier alpha value is -0.780. The van der Waals surface area contributed by atoms with E-state index in [1.54, 1.807) is 0 Å². The van der Waals surface area contributed by atoms with Crippen LogP contribution in [0.3, 0.4) is 0 Å². The maximum atomic E-state index is 12.1. The molecule has 0 radical (unpaired) electrons. The molecular formula is C13H19ClN2O2S. The second-order valence-corrected chi connectivity index (χ2v) is 7.49. The summed E-state index contributed by atoms with van der Waals surface area (Å²) in [4.78, 5) is 0.165. The molecule has 2 unspecified atom stereocenters. The van der Waals surface area contributed by atoms with Crippen LogP contribution in [-0.4, -0.2) is 15.0 Å². The number of sulfonamides is 1. The fraction of sp³-hybridized carbons (Fsp3) is 0.538. The molecular weight excluding hydrogens is 284 g/mol. The van der Waals surface area contributed by atoms with E-state index < -0.39 is 10.0 Å². The molecule has 0 amide bonds. The van der Waals surface area contributed by atoms with Crippen molar-refractivity contribution in [3.8, 4) is 0 Å². The van der Waals surface area contributed by atoms with Gasteiger partial charge in [-0.2, -0.15) is 0 Å². The Morgan fingerprint density at radius 3 is 2.74 bits per heavy atom. The number of benzene rings is 1. The zero-order chi connectivity index (χ0) is 14.0. The maximum absolute atomic E-state index is 12.1. The van der Waals surface area contributed by atoms with Gasteiger partial charge in [0.2, 0.25) is 10.0 Å². The first kappa shape index (κ1) is 14.6. The molecule has 1 fully saturated rings.